The molecule has 0 saturated carbocycles. The van der Waals surface area contributed by atoms with E-state index in [2.05, 4.69) is 44.9 Å². The molecule has 0 spiro atoms. The van der Waals surface area contributed by atoms with Gasteiger partial charge in [-0.2, -0.15) is 0 Å². The first-order valence-electron chi connectivity index (χ1n) is 9.88. The summed E-state index contributed by atoms with van der Waals surface area (Å²) in [5, 5.41) is 17.2. The van der Waals surface area contributed by atoms with Crippen molar-refractivity contribution in [2.45, 2.75) is 26.4 Å². The van der Waals surface area contributed by atoms with Gasteiger partial charge < -0.3 is 19.9 Å². The number of benzene rings is 1. The number of rotatable bonds is 10. The highest BCUT2D eigenvalue weighted by atomic mass is 32.1. The van der Waals surface area contributed by atoms with Crippen LogP contribution in [0.5, 0.6) is 5.75 Å². The maximum absolute atomic E-state index is 5.75. The van der Waals surface area contributed by atoms with E-state index in [0.717, 1.165) is 41.9 Å². The average Bonchev–Trinajstić information content (AvgIpc) is 3.39. The summed E-state index contributed by atoms with van der Waals surface area (Å²) in [6.45, 7) is 7.94. The van der Waals surface area contributed by atoms with Crippen LogP contribution in [0.3, 0.4) is 0 Å². The zero-order valence-corrected chi connectivity index (χ0v) is 18.3. The molecule has 2 N–H and O–H groups in total. The summed E-state index contributed by atoms with van der Waals surface area (Å²) in [4.78, 5) is 6.11. The Bertz CT molecular complexity index is 964. The molecule has 7 nitrogen and oxygen atoms in total. The third-order valence-corrected chi connectivity index (χ3v) is 5.51. The van der Waals surface area contributed by atoms with Gasteiger partial charge in [0, 0.05) is 24.0 Å². The summed E-state index contributed by atoms with van der Waals surface area (Å²) in [7, 11) is 1.96. The second-order valence-corrected chi connectivity index (χ2v) is 7.74. The SMILES string of the molecule is C=CCOc1ccccc1CN=C(NCCc1cccs1)NCc1nnc(C)n1C. The molecule has 0 radical (unpaired) electrons. The minimum Gasteiger partial charge on any atom is -0.489 e. The standard InChI is InChI=1S/C22H28N6OS/c1-4-13-29-20-10-6-5-8-18(20)15-24-22(23-12-11-19-9-7-14-30-19)25-16-21-27-26-17(2)28(21)3/h4-10,14H,1,11-13,15-16H2,2-3H3,(H2,23,24,25). The number of aliphatic imine (C=N–C) groups is 1. The van der Waals surface area contributed by atoms with E-state index in [1.807, 2.05) is 42.8 Å². The Hall–Kier alpha value is -3.13. The van der Waals surface area contributed by atoms with Gasteiger partial charge in [0.2, 0.25) is 0 Å². The van der Waals surface area contributed by atoms with Crippen LogP contribution in [0.1, 0.15) is 22.1 Å². The third kappa shape index (κ3) is 6.18. The lowest BCUT2D eigenvalue weighted by Gasteiger charge is -2.13. The van der Waals surface area contributed by atoms with Gasteiger partial charge in [-0.25, -0.2) is 4.99 Å². The number of para-hydroxylation sites is 1. The normalized spacial score (nSPS) is 11.3. The van der Waals surface area contributed by atoms with Crippen molar-refractivity contribution >= 4 is 17.3 Å². The largest absolute Gasteiger partial charge is 0.489 e. The number of nitrogens with one attached hydrogen (secondary N) is 2. The smallest absolute Gasteiger partial charge is 0.191 e. The van der Waals surface area contributed by atoms with E-state index in [4.69, 9.17) is 9.73 Å². The molecule has 0 atom stereocenters. The van der Waals surface area contributed by atoms with Crippen LogP contribution in [0.4, 0.5) is 0 Å². The molecular formula is C22H28N6OS. The fourth-order valence-corrected chi connectivity index (χ4v) is 3.50. The van der Waals surface area contributed by atoms with Gasteiger partial charge in [0.05, 0.1) is 13.1 Å². The monoisotopic (exact) mass is 424 g/mol. The molecule has 0 unspecified atom stereocenters. The molecule has 30 heavy (non-hydrogen) atoms. The first-order valence-corrected chi connectivity index (χ1v) is 10.8. The quantitative estimate of drug-likeness (QED) is 0.297. The molecular weight excluding hydrogens is 396 g/mol. The van der Waals surface area contributed by atoms with Gasteiger partial charge >= 0.3 is 0 Å². The van der Waals surface area contributed by atoms with E-state index < -0.39 is 0 Å². The van der Waals surface area contributed by atoms with Gasteiger partial charge in [-0.3, -0.25) is 0 Å². The summed E-state index contributed by atoms with van der Waals surface area (Å²) < 4.78 is 7.72. The highest BCUT2D eigenvalue weighted by molar-refractivity contribution is 7.09. The lowest BCUT2D eigenvalue weighted by molar-refractivity contribution is 0.359. The third-order valence-electron chi connectivity index (χ3n) is 4.58. The van der Waals surface area contributed by atoms with Gasteiger partial charge in [0.1, 0.15) is 18.2 Å². The van der Waals surface area contributed by atoms with Gasteiger partial charge in [-0.05, 0) is 30.9 Å². The number of thiophene rings is 1. The summed E-state index contributed by atoms with van der Waals surface area (Å²) in [6, 6.07) is 12.1. The lowest BCUT2D eigenvalue weighted by Crippen LogP contribution is -2.38. The van der Waals surface area contributed by atoms with Crippen molar-refractivity contribution in [1.29, 1.82) is 0 Å². The number of guanidine groups is 1. The number of ether oxygens (including phenoxy) is 1. The van der Waals surface area contributed by atoms with Crippen LogP contribution in [0.25, 0.3) is 0 Å². The van der Waals surface area contributed by atoms with Crippen molar-refractivity contribution in [3.63, 3.8) is 0 Å². The Morgan fingerprint density at radius 1 is 1.23 bits per heavy atom. The molecule has 0 saturated heterocycles. The molecule has 3 aromatic rings. The fourth-order valence-electron chi connectivity index (χ4n) is 2.79. The number of aromatic nitrogens is 3. The second kappa shape index (κ2) is 11.2. The summed E-state index contributed by atoms with van der Waals surface area (Å²) in [5.74, 6) is 3.29. The van der Waals surface area contributed by atoms with Crippen LogP contribution in [-0.2, 0) is 26.6 Å². The van der Waals surface area contributed by atoms with E-state index in [1.54, 1.807) is 17.4 Å². The van der Waals surface area contributed by atoms with Crippen molar-refractivity contribution < 1.29 is 4.74 Å². The van der Waals surface area contributed by atoms with Crippen LogP contribution in [0.15, 0.2) is 59.4 Å². The summed E-state index contributed by atoms with van der Waals surface area (Å²) in [5.41, 5.74) is 1.02. The molecule has 0 bridgehead atoms. The molecule has 8 heteroatoms. The summed E-state index contributed by atoms with van der Waals surface area (Å²) >= 11 is 1.76. The number of aryl methyl sites for hydroxylation is 1. The van der Waals surface area contributed by atoms with Gasteiger partial charge in [0.25, 0.3) is 0 Å². The number of nitrogens with zero attached hydrogens (tertiary/aromatic N) is 4. The van der Waals surface area contributed by atoms with Crippen LogP contribution >= 0.6 is 11.3 Å². The van der Waals surface area contributed by atoms with Gasteiger partial charge in [-0.15, -0.1) is 21.5 Å². The Morgan fingerprint density at radius 2 is 2.10 bits per heavy atom. The predicted molar refractivity (Wildman–Crippen MR) is 122 cm³/mol. The summed E-state index contributed by atoms with van der Waals surface area (Å²) in [6.07, 6.45) is 2.68. The predicted octanol–water partition coefficient (Wildman–Crippen LogP) is 3.23. The van der Waals surface area contributed by atoms with E-state index in [9.17, 15) is 0 Å². The minimum absolute atomic E-state index is 0.469. The van der Waals surface area contributed by atoms with Crippen LogP contribution < -0.4 is 15.4 Å². The Kier molecular flexibility index (Phi) is 8.02. The van der Waals surface area contributed by atoms with E-state index in [0.29, 0.717) is 19.7 Å². The highest BCUT2D eigenvalue weighted by Crippen LogP contribution is 2.18. The van der Waals surface area contributed by atoms with Crippen molar-refractivity contribution in [2.75, 3.05) is 13.2 Å². The van der Waals surface area contributed by atoms with Crippen molar-refractivity contribution in [3.8, 4) is 5.75 Å². The number of hydrogen-bond acceptors (Lipinski definition) is 5. The molecule has 0 aliphatic rings. The number of hydrogen-bond donors (Lipinski definition) is 2. The van der Waals surface area contributed by atoms with Gasteiger partial charge in [-0.1, -0.05) is 36.9 Å². The first kappa shape index (κ1) is 21.6. The van der Waals surface area contributed by atoms with E-state index in [-0.39, 0.29) is 0 Å². The molecule has 0 aliphatic heterocycles. The van der Waals surface area contributed by atoms with Crippen molar-refractivity contribution in [2.24, 2.45) is 12.0 Å². The molecule has 1 aromatic carbocycles. The maximum atomic E-state index is 5.75. The van der Waals surface area contributed by atoms with Crippen LogP contribution in [0.2, 0.25) is 0 Å². The minimum atomic E-state index is 0.469. The van der Waals surface area contributed by atoms with E-state index >= 15 is 0 Å². The topological polar surface area (TPSA) is 76.4 Å². The average molecular weight is 425 g/mol. The van der Waals surface area contributed by atoms with E-state index in [1.165, 1.54) is 4.88 Å². The molecule has 0 aliphatic carbocycles. The molecule has 3 rings (SSSR count). The zero-order chi connectivity index (χ0) is 21.2. The molecule has 2 heterocycles. The van der Waals surface area contributed by atoms with Crippen molar-refractivity contribution in [3.05, 3.63) is 76.5 Å². The fraction of sp³-hybridized carbons (Fsp3) is 0.318. The van der Waals surface area contributed by atoms with Crippen molar-refractivity contribution in [1.82, 2.24) is 25.4 Å². The molecule has 0 fully saturated rings. The highest BCUT2D eigenvalue weighted by Gasteiger charge is 2.08. The zero-order valence-electron chi connectivity index (χ0n) is 17.5. The Morgan fingerprint density at radius 3 is 2.83 bits per heavy atom. The molecule has 0 amide bonds. The molecule has 158 valence electrons. The van der Waals surface area contributed by atoms with Crippen LogP contribution in [0, 0.1) is 6.92 Å². The first-order chi connectivity index (χ1) is 14.7. The molecule has 2 aromatic heterocycles. The lowest BCUT2D eigenvalue weighted by atomic mass is 10.2. The Labute approximate surface area is 181 Å². The Balaban J connectivity index is 1.67. The van der Waals surface area contributed by atoms with Gasteiger partial charge in [0.15, 0.2) is 11.8 Å². The van der Waals surface area contributed by atoms with Crippen LogP contribution in [-0.4, -0.2) is 33.9 Å². The second-order valence-electron chi connectivity index (χ2n) is 6.70. The maximum Gasteiger partial charge on any atom is 0.191 e.